The van der Waals surface area contributed by atoms with Crippen LogP contribution in [0.5, 0.6) is 0 Å². The smallest absolute Gasteiger partial charge is 0.230 e. The number of nitrogens with one attached hydrogen (secondary N) is 2. The van der Waals surface area contributed by atoms with Crippen molar-refractivity contribution in [2.45, 2.75) is 45.4 Å². The molecule has 0 radical (unpaired) electrons. The van der Waals surface area contributed by atoms with Gasteiger partial charge in [0, 0.05) is 19.3 Å². The maximum Gasteiger partial charge on any atom is 0.230 e. The normalized spacial score (nSPS) is 10.7. The Labute approximate surface area is 176 Å². The molecule has 0 unspecified atom stereocenters. The van der Waals surface area contributed by atoms with E-state index in [1.165, 1.54) is 22.7 Å². The maximum absolute atomic E-state index is 12.1. The Balaban J connectivity index is 1.37. The maximum atomic E-state index is 12.1. The summed E-state index contributed by atoms with van der Waals surface area (Å²) >= 11 is 2.81. The van der Waals surface area contributed by atoms with Crippen molar-refractivity contribution in [3.05, 3.63) is 45.9 Å². The van der Waals surface area contributed by atoms with Gasteiger partial charge in [0.05, 0.1) is 6.42 Å². The Kier molecular flexibility index (Phi) is 7.77. The first-order valence-corrected chi connectivity index (χ1v) is 11.0. The minimum atomic E-state index is -0.0962. The van der Waals surface area contributed by atoms with Crippen LogP contribution in [-0.4, -0.2) is 32.2 Å². The Bertz CT molecular complexity index is 941. The van der Waals surface area contributed by atoms with Gasteiger partial charge in [-0.2, -0.15) is 0 Å². The molecule has 0 saturated heterocycles. The van der Waals surface area contributed by atoms with Crippen molar-refractivity contribution in [2.75, 3.05) is 10.6 Å². The van der Waals surface area contributed by atoms with E-state index in [-0.39, 0.29) is 11.8 Å². The molecular formula is C19H22N6O2S2. The molecule has 8 nitrogen and oxygen atoms in total. The second kappa shape index (κ2) is 10.7. The SMILES string of the molecule is CCC(=O)Nc1nnc(CCCCc2nnc(NC(=O)Cc3ccccc3)s2)s1. The topological polar surface area (TPSA) is 110 Å². The average Bonchev–Trinajstić information content (AvgIpc) is 3.35. The zero-order valence-corrected chi connectivity index (χ0v) is 17.7. The lowest BCUT2D eigenvalue weighted by atomic mass is 10.1. The molecule has 2 N–H and O–H groups in total. The fourth-order valence-electron chi connectivity index (χ4n) is 2.52. The van der Waals surface area contributed by atoms with E-state index in [2.05, 4.69) is 31.0 Å². The second-order valence-electron chi connectivity index (χ2n) is 6.32. The van der Waals surface area contributed by atoms with E-state index in [0.29, 0.717) is 23.1 Å². The minimum absolute atomic E-state index is 0.0596. The number of aromatic nitrogens is 4. The summed E-state index contributed by atoms with van der Waals surface area (Å²) < 4.78 is 0. The molecule has 3 aromatic rings. The van der Waals surface area contributed by atoms with Gasteiger partial charge in [-0.05, 0) is 18.4 Å². The number of hydrogen-bond donors (Lipinski definition) is 2. The fraction of sp³-hybridized carbons (Fsp3) is 0.368. The van der Waals surface area contributed by atoms with Crippen LogP contribution in [0.4, 0.5) is 10.3 Å². The molecule has 0 saturated carbocycles. The van der Waals surface area contributed by atoms with Gasteiger partial charge in [-0.3, -0.25) is 9.59 Å². The summed E-state index contributed by atoms with van der Waals surface area (Å²) in [4.78, 5) is 23.4. The van der Waals surface area contributed by atoms with Gasteiger partial charge < -0.3 is 10.6 Å². The van der Waals surface area contributed by atoms with Gasteiger partial charge in [0.1, 0.15) is 10.0 Å². The molecule has 0 spiro atoms. The van der Waals surface area contributed by atoms with Crippen LogP contribution in [-0.2, 0) is 28.9 Å². The molecule has 0 bridgehead atoms. The van der Waals surface area contributed by atoms with Crippen molar-refractivity contribution in [3.63, 3.8) is 0 Å². The van der Waals surface area contributed by atoms with Gasteiger partial charge in [0.25, 0.3) is 0 Å². The second-order valence-corrected chi connectivity index (χ2v) is 8.45. The molecule has 0 aliphatic heterocycles. The van der Waals surface area contributed by atoms with Crippen LogP contribution in [0.3, 0.4) is 0 Å². The number of hydrogen-bond acceptors (Lipinski definition) is 8. The van der Waals surface area contributed by atoms with Crippen LogP contribution >= 0.6 is 22.7 Å². The highest BCUT2D eigenvalue weighted by molar-refractivity contribution is 7.15. The number of anilines is 2. The number of carbonyl (C=O) groups is 2. The molecule has 10 heteroatoms. The van der Waals surface area contributed by atoms with Crippen molar-refractivity contribution in [1.29, 1.82) is 0 Å². The van der Waals surface area contributed by atoms with Gasteiger partial charge in [-0.15, -0.1) is 20.4 Å². The molecule has 0 fully saturated rings. The molecular weight excluding hydrogens is 408 g/mol. The third-order valence-corrected chi connectivity index (χ3v) is 5.78. The van der Waals surface area contributed by atoms with Crippen molar-refractivity contribution in [1.82, 2.24) is 20.4 Å². The number of nitrogens with zero attached hydrogens (tertiary/aromatic N) is 4. The molecule has 2 aromatic heterocycles. The Morgan fingerprint density at radius 3 is 1.93 bits per heavy atom. The van der Waals surface area contributed by atoms with Crippen LogP contribution in [0.25, 0.3) is 0 Å². The molecule has 29 heavy (non-hydrogen) atoms. The lowest BCUT2D eigenvalue weighted by Crippen LogP contribution is -2.14. The molecule has 2 heterocycles. The van der Waals surface area contributed by atoms with Gasteiger partial charge in [0.2, 0.25) is 22.1 Å². The van der Waals surface area contributed by atoms with Gasteiger partial charge in [-0.25, -0.2) is 0 Å². The van der Waals surface area contributed by atoms with Gasteiger partial charge in [0.15, 0.2) is 0 Å². The van der Waals surface area contributed by atoms with Gasteiger partial charge in [-0.1, -0.05) is 59.9 Å². The zero-order valence-electron chi connectivity index (χ0n) is 16.1. The summed E-state index contributed by atoms with van der Waals surface area (Å²) in [5.41, 5.74) is 0.962. The third-order valence-electron chi connectivity index (χ3n) is 3.99. The van der Waals surface area contributed by atoms with E-state index in [1.807, 2.05) is 30.3 Å². The summed E-state index contributed by atoms with van der Waals surface area (Å²) in [6, 6.07) is 9.59. The molecule has 2 amide bonds. The number of carbonyl (C=O) groups excluding carboxylic acids is 2. The van der Waals surface area contributed by atoms with E-state index in [4.69, 9.17) is 0 Å². The van der Waals surface area contributed by atoms with E-state index >= 15 is 0 Å². The lowest BCUT2D eigenvalue weighted by molar-refractivity contribution is -0.116. The largest absolute Gasteiger partial charge is 0.301 e. The molecule has 1 aromatic carbocycles. The van der Waals surface area contributed by atoms with E-state index < -0.39 is 0 Å². The number of aryl methyl sites for hydroxylation is 2. The van der Waals surface area contributed by atoms with E-state index in [1.54, 1.807) is 6.92 Å². The zero-order chi connectivity index (χ0) is 20.5. The highest BCUT2D eigenvalue weighted by Crippen LogP contribution is 2.20. The standard InChI is InChI=1S/C19H22N6O2S2/c1-2-14(26)20-18-24-22-16(28-18)10-6-7-11-17-23-25-19(29-17)21-15(27)12-13-8-4-3-5-9-13/h3-5,8-9H,2,6-7,10-12H2,1H3,(H,20,24,26)(H,21,25,27). The summed E-state index contributed by atoms with van der Waals surface area (Å²) in [6.45, 7) is 1.80. The van der Waals surface area contributed by atoms with E-state index in [0.717, 1.165) is 41.3 Å². The molecule has 152 valence electrons. The van der Waals surface area contributed by atoms with Crippen LogP contribution in [0.2, 0.25) is 0 Å². The Morgan fingerprint density at radius 1 is 0.828 bits per heavy atom. The molecule has 3 rings (SSSR count). The minimum Gasteiger partial charge on any atom is -0.301 e. The summed E-state index contributed by atoms with van der Waals surface area (Å²) in [5.74, 6) is -0.156. The fourth-order valence-corrected chi connectivity index (χ4v) is 4.11. The monoisotopic (exact) mass is 430 g/mol. The number of unbranched alkanes of at least 4 members (excludes halogenated alkanes) is 1. The predicted molar refractivity (Wildman–Crippen MR) is 114 cm³/mol. The van der Waals surface area contributed by atoms with Gasteiger partial charge >= 0.3 is 0 Å². The van der Waals surface area contributed by atoms with Crippen LogP contribution in [0.15, 0.2) is 30.3 Å². The molecule has 0 aliphatic carbocycles. The van der Waals surface area contributed by atoms with Crippen LogP contribution < -0.4 is 10.6 Å². The number of benzene rings is 1. The number of amides is 2. The molecule has 0 atom stereocenters. The highest BCUT2D eigenvalue weighted by Gasteiger charge is 2.10. The quantitative estimate of drug-likeness (QED) is 0.477. The lowest BCUT2D eigenvalue weighted by Gasteiger charge is -2.00. The third kappa shape index (κ3) is 6.99. The first-order chi connectivity index (χ1) is 14.1. The first kappa shape index (κ1) is 21.0. The number of rotatable bonds is 10. The highest BCUT2D eigenvalue weighted by atomic mass is 32.1. The predicted octanol–water partition coefficient (Wildman–Crippen LogP) is 3.48. The summed E-state index contributed by atoms with van der Waals surface area (Å²) in [5, 5.41) is 24.7. The van der Waals surface area contributed by atoms with Crippen molar-refractivity contribution < 1.29 is 9.59 Å². The summed E-state index contributed by atoms with van der Waals surface area (Å²) in [6.07, 6.45) is 4.21. The van der Waals surface area contributed by atoms with Crippen molar-refractivity contribution in [2.24, 2.45) is 0 Å². The Morgan fingerprint density at radius 2 is 1.38 bits per heavy atom. The van der Waals surface area contributed by atoms with Crippen molar-refractivity contribution >= 4 is 44.8 Å². The van der Waals surface area contributed by atoms with Crippen LogP contribution in [0, 0.1) is 0 Å². The van der Waals surface area contributed by atoms with Crippen LogP contribution in [0.1, 0.15) is 41.8 Å². The molecule has 0 aliphatic rings. The Hall–Kier alpha value is -2.72. The van der Waals surface area contributed by atoms with E-state index in [9.17, 15) is 9.59 Å². The summed E-state index contributed by atoms with van der Waals surface area (Å²) in [7, 11) is 0. The average molecular weight is 431 g/mol. The van der Waals surface area contributed by atoms with Crippen molar-refractivity contribution in [3.8, 4) is 0 Å². The first-order valence-electron chi connectivity index (χ1n) is 9.40.